The molecule has 0 amide bonds. The Morgan fingerprint density at radius 2 is 2.08 bits per heavy atom. The van der Waals surface area contributed by atoms with Gasteiger partial charge in [0.05, 0.1) is 31.1 Å². The van der Waals surface area contributed by atoms with E-state index in [2.05, 4.69) is 26.0 Å². The number of imidazole rings is 1. The molecule has 5 unspecified atom stereocenters. The van der Waals surface area contributed by atoms with Crippen LogP contribution in [0.4, 0.5) is 5.82 Å². The molecule has 0 spiro atoms. The lowest BCUT2D eigenvalue weighted by Gasteiger charge is -2.27. The Kier molecular flexibility index (Phi) is 8.42. The number of esters is 1. The number of nitrogens with zero attached hydrogens (tertiary/aromatic N) is 4. The van der Waals surface area contributed by atoms with Gasteiger partial charge in [-0.05, 0) is 51.1 Å². The van der Waals surface area contributed by atoms with Crippen molar-refractivity contribution in [3.63, 3.8) is 0 Å². The van der Waals surface area contributed by atoms with Crippen molar-refractivity contribution >= 4 is 41.4 Å². The second-order valence-electron chi connectivity index (χ2n) is 8.77. The number of anilines is 1. The van der Waals surface area contributed by atoms with E-state index in [0.29, 0.717) is 23.3 Å². The molecule has 13 heteroatoms. The van der Waals surface area contributed by atoms with Crippen LogP contribution in [0, 0.1) is 18.3 Å². The summed E-state index contributed by atoms with van der Waals surface area (Å²) in [5, 5.41) is 3.03. The van der Waals surface area contributed by atoms with Gasteiger partial charge in [0.25, 0.3) is 0 Å². The van der Waals surface area contributed by atoms with E-state index < -0.39 is 31.0 Å². The van der Waals surface area contributed by atoms with Crippen LogP contribution in [-0.4, -0.2) is 50.3 Å². The van der Waals surface area contributed by atoms with Crippen molar-refractivity contribution < 1.29 is 23.3 Å². The number of nitrogens with two attached hydrogens (primary N) is 1. The SMILES string of the molecule is C#CC1CC(COP(=S)(NC(C)C(=O)OC(C)C)Oc2ccccc2)OC1n1cnc2c(N)ncnc21. The number of hydrogen-bond acceptors (Lipinski definition) is 10. The number of benzene rings is 1. The molecule has 2 aromatic heterocycles. The smallest absolute Gasteiger partial charge is 0.323 e. The van der Waals surface area contributed by atoms with Gasteiger partial charge in [0.1, 0.15) is 23.6 Å². The number of nitrogen functional groups attached to an aromatic ring is 1. The Bertz CT molecular complexity index is 1330. The van der Waals surface area contributed by atoms with E-state index in [-0.39, 0.29) is 24.4 Å². The summed E-state index contributed by atoms with van der Waals surface area (Å²) in [6.07, 6.45) is 8.09. The van der Waals surface area contributed by atoms with Crippen molar-refractivity contribution in [2.75, 3.05) is 12.3 Å². The summed E-state index contributed by atoms with van der Waals surface area (Å²) in [5.41, 5.74) is 6.92. The zero-order chi connectivity index (χ0) is 26.6. The van der Waals surface area contributed by atoms with Crippen molar-refractivity contribution in [1.29, 1.82) is 0 Å². The minimum atomic E-state index is -3.21. The molecule has 3 N–H and O–H groups in total. The molecule has 11 nitrogen and oxygen atoms in total. The van der Waals surface area contributed by atoms with Crippen molar-refractivity contribution in [3.05, 3.63) is 43.0 Å². The Labute approximate surface area is 220 Å². The molecule has 37 heavy (non-hydrogen) atoms. The quantitative estimate of drug-likeness (QED) is 0.221. The third kappa shape index (κ3) is 6.44. The van der Waals surface area contributed by atoms with Crippen molar-refractivity contribution in [1.82, 2.24) is 24.6 Å². The number of terminal acetylenes is 1. The highest BCUT2D eigenvalue weighted by Gasteiger charge is 2.38. The summed E-state index contributed by atoms with van der Waals surface area (Å²) in [6, 6.07) is 8.26. The van der Waals surface area contributed by atoms with Gasteiger partial charge in [0, 0.05) is 0 Å². The highest BCUT2D eigenvalue weighted by molar-refractivity contribution is 8.09. The van der Waals surface area contributed by atoms with E-state index in [1.807, 2.05) is 18.2 Å². The summed E-state index contributed by atoms with van der Waals surface area (Å²) >= 11 is 5.78. The third-order valence-corrected chi connectivity index (χ3v) is 8.02. The lowest BCUT2D eigenvalue weighted by molar-refractivity contribution is -0.149. The van der Waals surface area contributed by atoms with E-state index in [4.69, 9.17) is 42.5 Å². The fourth-order valence-electron chi connectivity index (χ4n) is 3.84. The monoisotopic (exact) mass is 544 g/mol. The zero-order valence-electron chi connectivity index (χ0n) is 20.7. The molecule has 4 rings (SSSR count). The van der Waals surface area contributed by atoms with E-state index in [1.165, 1.54) is 6.33 Å². The standard InChI is InChI=1S/C24H29N6O5PS/c1-5-17-11-19(34-23(17)30-14-28-20-21(25)26-13-27-22(20)30)12-32-36(37,35-18-9-7-6-8-10-18)29-16(4)24(31)33-15(2)3/h1,6-10,13-17,19,23H,11-12H2,2-4H3,(H,29,37)(H2,25,26,27). The average Bonchev–Trinajstić information content (AvgIpc) is 3.47. The van der Waals surface area contributed by atoms with Gasteiger partial charge in [0.15, 0.2) is 17.7 Å². The number of fused-ring (bicyclic) bond motifs is 1. The molecule has 1 saturated heterocycles. The second-order valence-corrected chi connectivity index (χ2v) is 11.9. The first-order valence-corrected chi connectivity index (χ1v) is 14.3. The van der Waals surface area contributed by atoms with Crippen molar-refractivity contribution in [2.24, 2.45) is 5.92 Å². The van der Waals surface area contributed by atoms with Crippen LogP contribution in [0.15, 0.2) is 43.0 Å². The number of carbonyl (C=O) groups excluding carboxylic acids is 1. The van der Waals surface area contributed by atoms with Crippen molar-refractivity contribution in [2.45, 2.75) is 51.7 Å². The number of nitrogens with one attached hydrogen (secondary N) is 1. The van der Waals surface area contributed by atoms with Crippen LogP contribution < -0.4 is 15.3 Å². The Balaban J connectivity index is 1.49. The molecule has 3 heterocycles. The minimum absolute atomic E-state index is 0.0848. The van der Waals surface area contributed by atoms with Crippen LogP contribution in [0.2, 0.25) is 0 Å². The molecule has 0 bridgehead atoms. The van der Waals surface area contributed by atoms with Gasteiger partial charge in [-0.3, -0.25) is 9.36 Å². The number of aromatic nitrogens is 4. The Morgan fingerprint density at radius 1 is 1.32 bits per heavy atom. The maximum atomic E-state index is 12.4. The molecule has 0 radical (unpaired) electrons. The molecule has 0 saturated carbocycles. The van der Waals surface area contributed by atoms with Crippen LogP contribution in [-0.2, 0) is 30.6 Å². The number of carbonyl (C=O) groups is 1. The first-order valence-electron chi connectivity index (χ1n) is 11.7. The summed E-state index contributed by atoms with van der Waals surface area (Å²) in [7, 11) is 0. The first kappa shape index (κ1) is 27.0. The molecule has 3 aromatic rings. The third-order valence-electron chi connectivity index (χ3n) is 5.52. The lowest BCUT2D eigenvalue weighted by atomic mass is 10.0. The van der Waals surface area contributed by atoms with Gasteiger partial charge in [-0.25, -0.2) is 20.0 Å². The van der Waals surface area contributed by atoms with Crippen LogP contribution in [0.3, 0.4) is 0 Å². The van der Waals surface area contributed by atoms with Crippen LogP contribution in [0.5, 0.6) is 5.75 Å². The van der Waals surface area contributed by atoms with Crippen LogP contribution in [0.1, 0.15) is 33.4 Å². The number of ether oxygens (including phenoxy) is 2. The van der Waals surface area contributed by atoms with Gasteiger partial charge < -0.3 is 24.3 Å². The summed E-state index contributed by atoms with van der Waals surface area (Å²) in [6.45, 7) is 2.08. The molecular weight excluding hydrogens is 515 g/mol. The fourth-order valence-corrected chi connectivity index (χ4v) is 6.27. The Morgan fingerprint density at radius 3 is 2.78 bits per heavy atom. The van der Waals surface area contributed by atoms with Crippen LogP contribution in [0.25, 0.3) is 11.2 Å². The predicted molar refractivity (Wildman–Crippen MR) is 142 cm³/mol. The second kappa shape index (κ2) is 11.5. The number of hydrogen-bond donors (Lipinski definition) is 2. The normalized spacial score (nSPS) is 21.9. The minimum Gasteiger partial charge on any atom is -0.462 e. The summed E-state index contributed by atoms with van der Waals surface area (Å²) in [4.78, 5) is 25.0. The molecular formula is C24H29N6O5PS. The van der Waals surface area contributed by atoms with Gasteiger partial charge >= 0.3 is 12.6 Å². The van der Waals surface area contributed by atoms with E-state index in [0.717, 1.165) is 0 Å². The first-order chi connectivity index (χ1) is 17.7. The van der Waals surface area contributed by atoms with Gasteiger partial charge in [-0.15, -0.1) is 6.42 Å². The largest absolute Gasteiger partial charge is 0.462 e. The summed E-state index contributed by atoms with van der Waals surface area (Å²) in [5.74, 6) is 2.84. The number of para-hydroxylation sites is 1. The summed E-state index contributed by atoms with van der Waals surface area (Å²) < 4.78 is 25.5. The van der Waals surface area contributed by atoms with Gasteiger partial charge in [-0.1, -0.05) is 24.1 Å². The fraction of sp³-hybridized carbons (Fsp3) is 0.417. The Hall–Kier alpha value is -3.07. The molecule has 1 aromatic carbocycles. The molecule has 0 aliphatic carbocycles. The topological polar surface area (TPSA) is 136 Å². The zero-order valence-corrected chi connectivity index (χ0v) is 22.4. The molecule has 1 fully saturated rings. The van der Waals surface area contributed by atoms with E-state index in [9.17, 15) is 4.79 Å². The van der Waals surface area contributed by atoms with E-state index >= 15 is 0 Å². The number of rotatable bonds is 10. The maximum Gasteiger partial charge on any atom is 0.323 e. The van der Waals surface area contributed by atoms with Gasteiger partial charge in [0.2, 0.25) is 0 Å². The predicted octanol–water partition coefficient (Wildman–Crippen LogP) is 3.20. The highest BCUT2D eigenvalue weighted by Crippen LogP contribution is 2.47. The molecule has 1 aliphatic heterocycles. The van der Waals surface area contributed by atoms with Crippen molar-refractivity contribution in [3.8, 4) is 18.1 Å². The van der Waals surface area contributed by atoms with E-state index in [1.54, 1.807) is 43.8 Å². The van der Waals surface area contributed by atoms with Gasteiger partial charge in [-0.2, -0.15) is 0 Å². The lowest BCUT2D eigenvalue weighted by Crippen LogP contribution is -2.36. The highest BCUT2D eigenvalue weighted by atomic mass is 32.5. The maximum absolute atomic E-state index is 12.4. The average molecular weight is 545 g/mol. The molecule has 5 atom stereocenters. The molecule has 196 valence electrons. The van der Waals surface area contributed by atoms with Crippen LogP contribution >= 0.6 is 6.64 Å². The molecule has 1 aliphatic rings.